The lowest BCUT2D eigenvalue weighted by atomic mass is 10.0. The second-order valence-electron chi connectivity index (χ2n) is 6.91. The second kappa shape index (κ2) is 11.3. The average Bonchev–Trinajstić information content (AvgIpc) is 2.67. The van der Waals surface area contributed by atoms with Gasteiger partial charge in [-0.3, -0.25) is 19.8 Å². The second-order valence-corrected chi connectivity index (χ2v) is 6.91. The van der Waals surface area contributed by atoms with Crippen LogP contribution in [0.3, 0.4) is 0 Å². The highest BCUT2D eigenvalue weighted by atomic mass is 16.2. The van der Waals surface area contributed by atoms with E-state index in [4.69, 9.17) is 0 Å². The number of imide groups is 1. The van der Waals surface area contributed by atoms with E-state index in [9.17, 15) is 14.4 Å². The molecule has 27 heavy (non-hydrogen) atoms. The van der Waals surface area contributed by atoms with Crippen molar-refractivity contribution in [2.45, 2.75) is 45.1 Å². The van der Waals surface area contributed by atoms with Crippen molar-refractivity contribution in [2.75, 3.05) is 26.2 Å². The van der Waals surface area contributed by atoms with Gasteiger partial charge in [-0.25, -0.2) is 4.79 Å². The van der Waals surface area contributed by atoms with Crippen LogP contribution in [0.4, 0.5) is 4.79 Å². The van der Waals surface area contributed by atoms with Gasteiger partial charge in [0.1, 0.15) is 0 Å². The molecule has 0 atom stereocenters. The normalized spacial score (nSPS) is 15.1. The van der Waals surface area contributed by atoms with Gasteiger partial charge in [-0.05, 0) is 31.2 Å². The van der Waals surface area contributed by atoms with E-state index in [1.807, 2.05) is 42.2 Å². The molecule has 0 radical (unpaired) electrons. The summed E-state index contributed by atoms with van der Waals surface area (Å²) in [5, 5.41) is 8.04. The van der Waals surface area contributed by atoms with Crippen LogP contribution in [-0.2, 0) is 16.0 Å². The maximum atomic E-state index is 12.1. The number of rotatable bonds is 8. The maximum absolute atomic E-state index is 12.1. The molecule has 3 N–H and O–H groups in total. The number of hydrogen-bond acceptors (Lipinski definition) is 4. The Morgan fingerprint density at radius 1 is 1.07 bits per heavy atom. The highest BCUT2D eigenvalue weighted by molar-refractivity contribution is 5.95. The van der Waals surface area contributed by atoms with E-state index in [1.54, 1.807) is 0 Å². The number of likely N-dealkylation sites (tertiary alicyclic amines) is 1. The highest BCUT2D eigenvalue weighted by Gasteiger charge is 2.22. The molecule has 0 aliphatic carbocycles. The summed E-state index contributed by atoms with van der Waals surface area (Å²) in [4.78, 5) is 37.5. The first-order valence-electron chi connectivity index (χ1n) is 9.70. The molecule has 7 heteroatoms. The van der Waals surface area contributed by atoms with E-state index in [0.29, 0.717) is 13.0 Å². The fourth-order valence-electron chi connectivity index (χ4n) is 3.09. The Morgan fingerprint density at radius 2 is 1.78 bits per heavy atom. The van der Waals surface area contributed by atoms with E-state index in [1.165, 1.54) is 0 Å². The maximum Gasteiger partial charge on any atom is 0.321 e. The van der Waals surface area contributed by atoms with Gasteiger partial charge < -0.3 is 10.6 Å². The fraction of sp³-hybridized carbons (Fsp3) is 0.550. The Balaban J connectivity index is 1.61. The SMILES string of the molecule is CCCNC(=O)NC(=O)CN1CCC(NC(=O)CCc2ccccc2)CC1. The number of nitrogens with zero attached hydrogens (tertiary/aromatic N) is 1. The van der Waals surface area contributed by atoms with Crippen molar-refractivity contribution in [2.24, 2.45) is 0 Å². The molecule has 1 fully saturated rings. The molecular weight excluding hydrogens is 344 g/mol. The number of nitrogens with one attached hydrogen (secondary N) is 3. The highest BCUT2D eigenvalue weighted by Crippen LogP contribution is 2.10. The first kappa shape index (κ1) is 20.9. The molecule has 4 amide bonds. The number of carbonyl (C=O) groups excluding carboxylic acids is 3. The molecule has 2 rings (SSSR count). The third-order valence-electron chi connectivity index (χ3n) is 4.59. The Kier molecular flexibility index (Phi) is 8.77. The van der Waals surface area contributed by atoms with Crippen molar-refractivity contribution < 1.29 is 14.4 Å². The summed E-state index contributed by atoms with van der Waals surface area (Å²) in [6, 6.07) is 9.69. The minimum Gasteiger partial charge on any atom is -0.353 e. The molecule has 1 heterocycles. The monoisotopic (exact) mass is 374 g/mol. The summed E-state index contributed by atoms with van der Waals surface area (Å²) in [6.07, 6.45) is 3.68. The predicted octanol–water partition coefficient (Wildman–Crippen LogP) is 1.44. The molecule has 0 saturated carbocycles. The smallest absolute Gasteiger partial charge is 0.321 e. The molecule has 1 aliphatic heterocycles. The number of benzene rings is 1. The molecule has 1 saturated heterocycles. The lowest BCUT2D eigenvalue weighted by Gasteiger charge is -2.31. The Labute approximate surface area is 160 Å². The van der Waals surface area contributed by atoms with Gasteiger partial charge in [0, 0.05) is 32.1 Å². The lowest BCUT2D eigenvalue weighted by Crippen LogP contribution is -2.49. The topological polar surface area (TPSA) is 90.5 Å². The van der Waals surface area contributed by atoms with Gasteiger partial charge in [0.25, 0.3) is 0 Å². The number of aryl methyl sites for hydroxylation is 1. The van der Waals surface area contributed by atoms with Crippen molar-refractivity contribution >= 4 is 17.8 Å². The Bertz CT molecular complexity index is 613. The third-order valence-corrected chi connectivity index (χ3v) is 4.59. The molecule has 0 aromatic heterocycles. The summed E-state index contributed by atoms with van der Waals surface area (Å²) < 4.78 is 0. The summed E-state index contributed by atoms with van der Waals surface area (Å²) in [5.74, 6) is -0.225. The zero-order valence-corrected chi connectivity index (χ0v) is 16.0. The van der Waals surface area contributed by atoms with Gasteiger partial charge in [-0.1, -0.05) is 37.3 Å². The molecule has 0 bridgehead atoms. The van der Waals surface area contributed by atoms with Crippen LogP contribution in [0.1, 0.15) is 38.2 Å². The molecular formula is C20H30N4O3. The van der Waals surface area contributed by atoms with E-state index < -0.39 is 6.03 Å². The fourth-order valence-corrected chi connectivity index (χ4v) is 3.09. The Hall–Kier alpha value is -2.41. The first-order valence-corrected chi connectivity index (χ1v) is 9.70. The van der Waals surface area contributed by atoms with Crippen molar-refractivity contribution in [1.29, 1.82) is 0 Å². The largest absolute Gasteiger partial charge is 0.353 e. The average molecular weight is 374 g/mol. The quantitative estimate of drug-likeness (QED) is 0.642. The minimum absolute atomic E-state index is 0.0719. The van der Waals surface area contributed by atoms with Crippen LogP contribution in [0.25, 0.3) is 0 Å². The van der Waals surface area contributed by atoms with Crippen molar-refractivity contribution in [1.82, 2.24) is 20.9 Å². The number of hydrogen-bond donors (Lipinski definition) is 3. The van der Waals surface area contributed by atoms with Crippen molar-refractivity contribution in [3.63, 3.8) is 0 Å². The number of piperidine rings is 1. The van der Waals surface area contributed by atoms with E-state index in [2.05, 4.69) is 16.0 Å². The van der Waals surface area contributed by atoms with Gasteiger partial charge in [0.05, 0.1) is 6.54 Å². The van der Waals surface area contributed by atoms with Crippen LogP contribution in [0, 0.1) is 0 Å². The summed E-state index contributed by atoms with van der Waals surface area (Å²) in [5.41, 5.74) is 1.16. The zero-order chi connectivity index (χ0) is 19.5. The van der Waals surface area contributed by atoms with Crippen LogP contribution in [0.2, 0.25) is 0 Å². The number of urea groups is 1. The van der Waals surface area contributed by atoms with Crippen LogP contribution in [0.5, 0.6) is 0 Å². The number of carbonyl (C=O) groups is 3. The molecule has 7 nitrogen and oxygen atoms in total. The van der Waals surface area contributed by atoms with Crippen LogP contribution in [-0.4, -0.2) is 55.0 Å². The lowest BCUT2D eigenvalue weighted by molar-refractivity contribution is -0.123. The Morgan fingerprint density at radius 3 is 2.44 bits per heavy atom. The molecule has 0 unspecified atom stereocenters. The van der Waals surface area contributed by atoms with Crippen molar-refractivity contribution in [3.05, 3.63) is 35.9 Å². The molecule has 1 aliphatic rings. The molecule has 1 aromatic carbocycles. The molecule has 1 aromatic rings. The molecule has 0 spiro atoms. The van der Waals surface area contributed by atoms with Gasteiger partial charge in [-0.2, -0.15) is 0 Å². The van der Waals surface area contributed by atoms with E-state index in [-0.39, 0.29) is 24.4 Å². The van der Waals surface area contributed by atoms with Gasteiger partial charge >= 0.3 is 6.03 Å². The van der Waals surface area contributed by atoms with Crippen LogP contribution in [0.15, 0.2) is 30.3 Å². The minimum atomic E-state index is -0.442. The predicted molar refractivity (Wildman–Crippen MR) is 104 cm³/mol. The third kappa shape index (κ3) is 8.21. The number of amides is 4. The summed E-state index contributed by atoms with van der Waals surface area (Å²) in [7, 11) is 0. The van der Waals surface area contributed by atoms with Crippen molar-refractivity contribution in [3.8, 4) is 0 Å². The van der Waals surface area contributed by atoms with Gasteiger partial charge in [0.15, 0.2) is 0 Å². The zero-order valence-electron chi connectivity index (χ0n) is 16.0. The van der Waals surface area contributed by atoms with E-state index >= 15 is 0 Å². The standard InChI is InChI=1S/C20H30N4O3/c1-2-12-21-20(27)23-19(26)15-24-13-10-17(11-14-24)22-18(25)9-8-16-6-4-3-5-7-16/h3-7,17H,2,8-15H2,1H3,(H,22,25)(H2,21,23,26,27). The summed E-state index contributed by atoms with van der Waals surface area (Å²) >= 11 is 0. The van der Waals surface area contributed by atoms with E-state index in [0.717, 1.165) is 44.3 Å². The van der Waals surface area contributed by atoms with Gasteiger partial charge in [0.2, 0.25) is 11.8 Å². The molecule has 148 valence electrons. The van der Waals surface area contributed by atoms with Crippen LogP contribution >= 0.6 is 0 Å². The van der Waals surface area contributed by atoms with Gasteiger partial charge in [-0.15, -0.1) is 0 Å². The first-order chi connectivity index (χ1) is 13.1. The van der Waals surface area contributed by atoms with Crippen LogP contribution < -0.4 is 16.0 Å². The summed E-state index contributed by atoms with van der Waals surface area (Å²) in [6.45, 7) is 4.16.